The van der Waals surface area contributed by atoms with Crippen molar-refractivity contribution in [2.24, 2.45) is 0 Å². The van der Waals surface area contributed by atoms with Crippen LogP contribution in [-0.4, -0.2) is 32.5 Å². The maximum Gasteiger partial charge on any atom is 0.287 e. The maximum atomic E-state index is 12.3. The standard InChI is InChI=1S/C13H15N3O4S/c17-16(18)10-4-5-12-11(7-10)15-13(20-12)21(19)8-9-3-1-2-6-14-9/h4-5,7,9,14H,1-3,6,8H2/t9-,21+/m1/s1. The summed E-state index contributed by atoms with van der Waals surface area (Å²) in [5.41, 5.74) is 0.729. The lowest BCUT2D eigenvalue weighted by atomic mass is 10.1. The summed E-state index contributed by atoms with van der Waals surface area (Å²) in [5.74, 6) is 0.453. The molecule has 1 aromatic heterocycles. The fraction of sp³-hybridized carbons (Fsp3) is 0.462. The van der Waals surface area contributed by atoms with Crippen LogP contribution in [0.5, 0.6) is 0 Å². The topological polar surface area (TPSA) is 98.3 Å². The van der Waals surface area contributed by atoms with Gasteiger partial charge in [-0.3, -0.25) is 10.1 Å². The van der Waals surface area contributed by atoms with Gasteiger partial charge in [-0.15, -0.1) is 0 Å². The number of rotatable bonds is 4. The van der Waals surface area contributed by atoms with Crippen LogP contribution in [0.2, 0.25) is 0 Å². The van der Waals surface area contributed by atoms with Crippen LogP contribution in [0.1, 0.15) is 19.3 Å². The summed E-state index contributed by atoms with van der Waals surface area (Å²) < 4.78 is 17.7. The Bertz CT molecular complexity index is 694. The van der Waals surface area contributed by atoms with Gasteiger partial charge in [-0.2, -0.15) is 0 Å². The Labute approximate surface area is 123 Å². The Morgan fingerprint density at radius 3 is 3.05 bits per heavy atom. The molecule has 1 saturated heterocycles. The van der Waals surface area contributed by atoms with Crippen molar-refractivity contribution < 1.29 is 13.5 Å². The molecule has 0 radical (unpaired) electrons. The van der Waals surface area contributed by atoms with Gasteiger partial charge in [0.2, 0.25) is 0 Å². The van der Waals surface area contributed by atoms with E-state index >= 15 is 0 Å². The zero-order valence-corrected chi connectivity index (χ0v) is 12.1. The van der Waals surface area contributed by atoms with Crippen molar-refractivity contribution in [1.82, 2.24) is 10.3 Å². The number of piperidine rings is 1. The molecule has 2 heterocycles. The minimum Gasteiger partial charge on any atom is -0.430 e. The molecule has 0 unspecified atom stereocenters. The molecule has 0 amide bonds. The van der Waals surface area contributed by atoms with Gasteiger partial charge < -0.3 is 9.73 Å². The van der Waals surface area contributed by atoms with E-state index in [-0.39, 0.29) is 17.0 Å². The molecular weight excluding hydrogens is 294 g/mol. The van der Waals surface area contributed by atoms with Gasteiger partial charge in [-0.1, -0.05) is 6.42 Å². The van der Waals surface area contributed by atoms with Crippen molar-refractivity contribution in [3.63, 3.8) is 0 Å². The number of nitrogens with one attached hydrogen (secondary N) is 1. The lowest BCUT2D eigenvalue weighted by Gasteiger charge is -2.22. The number of nitrogens with zero attached hydrogens (tertiary/aromatic N) is 2. The summed E-state index contributed by atoms with van der Waals surface area (Å²) in [7, 11) is -1.34. The minimum atomic E-state index is -1.34. The number of non-ortho nitro benzene ring substituents is 1. The van der Waals surface area contributed by atoms with Crippen LogP contribution in [0.15, 0.2) is 27.8 Å². The molecule has 0 aliphatic carbocycles. The Morgan fingerprint density at radius 2 is 2.33 bits per heavy atom. The van der Waals surface area contributed by atoms with Gasteiger partial charge in [-0.05, 0) is 25.5 Å². The first kappa shape index (κ1) is 14.2. The number of benzene rings is 1. The van der Waals surface area contributed by atoms with Crippen LogP contribution in [0.3, 0.4) is 0 Å². The van der Waals surface area contributed by atoms with Crippen LogP contribution >= 0.6 is 0 Å². The highest BCUT2D eigenvalue weighted by molar-refractivity contribution is 7.84. The predicted octanol–water partition coefficient (Wildman–Crippen LogP) is 1.99. The first-order chi connectivity index (χ1) is 10.1. The predicted molar refractivity (Wildman–Crippen MR) is 77.6 cm³/mol. The lowest BCUT2D eigenvalue weighted by molar-refractivity contribution is -0.384. The number of hydrogen-bond donors (Lipinski definition) is 1. The molecule has 3 rings (SSSR count). The van der Waals surface area contributed by atoms with Gasteiger partial charge >= 0.3 is 0 Å². The van der Waals surface area contributed by atoms with E-state index in [1.54, 1.807) is 0 Å². The van der Waals surface area contributed by atoms with E-state index in [1.165, 1.54) is 18.2 Å². The zero-order valence-electron chi connectivity index (χ0n) is 11.3. The smallest absolute Gasteiger partial charge is 0.287 e. The highest BCUT2D eigenvalue weighted by Gasteiger charge is 2.20. The summed E-state index contributed by atoms with van der Waals surface area (Å²) in [4.78, 5) is 14.4. The fourth-order valence-corrected chi connectivity index (χ4v) is 3.60. The van der Waals surface area contributed by atoms with Gasteiger partial charge in [-0.25, -0.2) is 9.19 Å². The molecule has 2 aromatic rings. The normalized spacial score (nSPS) is 20.5. The average Bonchev–Trinajstić information content (AvgIpc) is 2.91. The largest absolute Gasteiger partial charge is 0.430 e. The Balaban J connectivity index is 1.79. The van der Waals surface area contributed by atoms with Gasteiger partial charge in [0.15, 0.2) is 5.58 Å². The minimum absolute atomic E-state index is 0.0536. The molecule has 1 aliphatic heterocycles. The summed E-state index contributed by atoms with van der Waals surface area (Å²) in [6.07, 6.45) is 3.28. The second-order valence-electron chi connectivity index (χ2n) is 5.05. The fourth-order valence-electron chi connectivity index (χ4n) is 2.43. The molecule has 7 nitrogen and oxygen atoms in total. The maximum absolute atomic E-state index is 12.3. The second kappa shape index (κ2) is 5.90. The zero-order chi connectivity index (χ0) is 14.8. The summed E-state index contributed by atoms with van der Waals surface area (Å²) >= 11 is 0. The quantitative estimate of drug-likeness (QED) is 0.685. The van der Waals surface area contributed by atoms with E-state index in [2.05, 4.69) is 10.3 Å². The molecule has 0 saturated carbocycles. The molecule has 2 atom stereocenters. The first-order valence-corrected chi connectivity index (χ1v) is 8.12. The Morgan fingerprint density at radius 1 is 1.48 bits per heavy atom. The molecule has 0 bridgehead atoms. The van der Waals surface area contributed by atoms with E-state index in [4.69, 9.17) is 4.42 Å². The molecule has 1 aliphatic rings. The molecule has 112 valence electrons. The van der Waals surface area contributed by atoms with Crippen LogP contribution in [0.25, 0.3) is 11.1 Å². The van der Waals surface area contributed by atoms with Gasteiger partial charge in [0, 0.05) is 23.9 Å². The van der Waals surface area contributed by atoms with Crippen LogP contribution in [0.4, 0.5) is 5.69 Å². The van der Waals surface area contributed by atoms with Crippen LogP contribution in [-0.2, 0) is 10.8 Å². The van der Waals surface area contributed by atoms with Crippen LogP contribution in [0, 0.1) is 10.1 Å². The van der Waals surface area contributed by atoms with E-state index in [0.29, 0.717) is 16.9 Å². The molecule has 1 aromatic carbocycles. The number of hydrogen-bond acceptors (Lipinski definition) is 6. The van der Waals surface area contributed by atoms with Crippen molar-refractivity contribution >= 4 is 27.6 Å². The van der Waals surface area contributed by atoms with E-state index in [9.17, 15) is 14.3 Å². The average molecular weight is 309 g/mol. The van der Waals surface area contributed by atoms with Gasteiger partial charge in [0.05, 0.1) is 4.92 Å². The van der Waals surface area contributed by atoms with Crippen molar-refractivity contribution in [1.29, 1.82) is 0 Å². The lowest BCUT2D eigenvalue weighted by Crippen LogP contribution is -2.38. The van der Waals surface area contributed by atoms with Gasteiger partial charge in [0.1, 0.15) is 16.3 Å². The number of aromatic nitrogens is 1. The van der Waals surface area contributed by atoms with Crippen molar-refractivity contribution in [3.8, 4) is 0 Å². The summed E-state index contributed by atoms with van der Waals surface area (Å²) in [6, 6.07) is 4.38. The Hall–Kier alpha value is -1.80. The number of nitro groups is 1. The Kier molecular flexibility index (Phi) is 3.98. The van der Waals surface area contributed by atoms with E-state index in [1.807, 2.05) is 0 Å². The first-order valence-electron chi connectivity index (χ1n) is 6.80. The summed E-state index contributed by atoms with van der Waals surface area (Å²) in [5, 5.41) is 14.2. The second-order valence-corrected chi connectivity index (χ2v) is 6.42. The number of fused-ring (bicyclic) bond motifs is 1. The summed E-state index contributed by atoms with van der Waals surface area (Å²) in [6.45, 7) is 0.946. The monoisotopic (exact) mass is 309 g/mol. The highest BCUT2D eigenvalue weighted by atomic mass is 32.2. The van der Waals surface area contributed by atoms with E-state index < -0.39 is 15.7 Å². The molecule has 1 N–H and O–H groups in total. The van der Waals surface area contributed by atoms with Crippen molar-refractivity contribution in [2.75, 3.05) is 12.3 Å². The third kappa shape index (κ3) is 3.11. The van der Waals surface area contributed by atoms with Gasteiger partial charge in [0.25, 0.3) is 10.9 Å². The number of nitro benzene ring substituents is 1. The van der Waals surface area contributed by atoms with Crippen molar-refractivity contribution in [3.05, 3.63) is 28.3 Å². The molecule has 0 spiro atoms. The molecular formula is C13H15N3O4S. The van der Waals surface area contributed by atoms with E-state index in [0.717, 1.165) is 25.8 Å². The third-order valence-electron chi connectivity index (χ3n) is 3.52. The SMILES string of the molecule is O=[N+]([O-])c1ccc2oc([S@@](=O)C[C@H]3CCCCN3)nc2c1. The molecule has 21 heavy (non-hydrogen) atoms. The molecule has 8 heteroatoms. The van der Waals surface area contributed by atoms with Crippen molar-refractivity contribution in [2.45, 2.75) is 30.5 Å². The highest BCUT2D eigenvalue weighted by Crippen LogP contribution is 2.23. The third-order valence-corrected chi connectivity index (χ3v) is 4.79. The van der Waals surface area contributed by atoms with Crippen LogP contribution < -0.4 is 5.32 Å². The molecule has 1 fully saturated rings. The number of oxazole rings is 1.